The second-order valence-electron chi connectivity index (χ2n) is 4.05. The van der Waals surface area contributed by atoms with Gasteiger partial charge in [-0.05, 0) is 18.2 Å². The minimum absolute atomic E-state index is 0.0283. The molecule has 0 aliphatic heterocycles. The van der Waals surface area contributed by atoms with E-state index < -0.39 is 22.9 Å². The zero-order valence-corrected chi connectivity index (χ0v) is 9.99. The van der Waals surface area contributed by atoms with Crippen LogP contribution in [-0.4, -0.2) is 9.55 Å². The van der Waals surface area contributed by atoms with Gasteiger partial charge in [0.2, 0.25) is 0 Å². The van der Waals surface area contributed by atoms with E-state index in [1.807, 2.05) is 6.07 Å². The molecule has 0 saturated carbocycles. The predicted molar refractivity (Wildman–Crippen MR) is 64.1 cm³/mol. The smallest absolute Gasteiger partial charge is 0.316 e. The predicted octanol–water partition coefficient (Wildman–Crippen LogP) is 1.62. The summed E-state index contributed by atoms with van der Waals surface area (Å²) in [6.45, 7) is -0.0544. The summed E-state index contributed by atoms with van der Waals surface area (Å²) >= 11 is 0. The highest BCUT2D eigenvalue weighted by Crippen LogP contribution is 2.30. The van der Waals surface area contributed by atoms with Gasteiger partial charge in [-0.1, -0.05) is 0 Å². The number of hydrogen-bond donors (Lipinski definition) is 1. The van der Waals surface area contributed by atoms with Gasteiger partial charge in [-0.2, -0.15) is 18.4 Å². The lowest BCUT2D eigenvalue weighted by molar-refractivity contribution is -0.137. The molecule has 0 aliphatic rings. The summed E-state index contributed by atoms with van der Waals surface area (Å²) < 4.78 is 38.8. The molecule has 0 aliphatic carbocycles. The Balaban J connectivity index is 2.74. The van der Waals surface area contributed by atoms with Gasteiger partial charge in [-0.15, -0.1) is 0 Å². The molecule has 0 fully saturated rings. The number of aryl methyl sites for hydroxylation is 1. The first-order valence-electron chi connectivity index (χ1n) is 5.55. The van der Waals surface area contributed by atoms with E-state index in [4.69, 9.17) is 5.26 Å². The minimum Gasteiger partial charge on any atom is -0.316 e. The van der Waals surface area contributed by atoms with E-state index >= 15 is 0 Å². The molecule has 2 rings (SSSR count). The van der Waals surface area contributed by atoms with Gasteiger partial charge >= 0.3 is 17.3 Å². The van der Waals surface area contributed by atoms with E-state index in [0.717, 1.165) is 22.8 Å². The summed E-state index contributed by atoms with van der Waals surface area (Å²) in [7, 11) is 0. The molecule has 0 saturated heterocycles. The number of fused-ring (bicyclic) bond motifs is 1. The van der Waals surface area contributed by atoms with Crippen LogP contribution >= 0.6 is 0 Å². The second-order valence-corrected chi connectivity index (χ2v) is 4.05. The number of benzene rings is 1. The van der Waals surface area contributed by atoms with Gasteiger partial charge in [-0.3, -0.25) is 9.59 Å². The van der Waals surface area contributed by atoms with Crippen molar-refractivity contribution >= 4 is 11.0 Å². The van der Waals surface area contributed by atoms with E-state index in [2.05, 4.69) is 4.98 Å². The summed E-state index contributed by atoms with van der Waals surface area (Å²) in [6.07, 6.45) is -4.57. The molecule has 0 radical (unpaired) electrons. The van der Waals surface area contributed by atoms with Crippen molar-refractivity contribution in [2.24, 2.45) is 0 Å². The van der Waals surface area contributed by atoms with E-state index in [9.17, 15) is 22.8 Å². The van der Waals surface area contributed by atoms with Crippen molar-refractivity contribution in [2.45, 2.75) is 19.1 Å². The van der Waals surface area contributed by atoms with E-state index in [1.165, 1.54) is 0 Å². The number of halogens is 3. The van der Waals surface area contributed by atoms with Crippen LogP contribution in [0, 0.1) is 11.3 Å². The Bertz CT molecular complexity index is 812. The van der Waals surface area contributed by atoms with Crippen molar-refractivity contribution in [3.8, 4) is 6.07 Å². The highest BCUT2D eigenvalue weighted by molar-refractivity contribution is 5.75. The monoisotopic (exact) mass is 283 g/mol. The average Bonchev–Trinajstić information content (AvgIpc) is 2.38. The molecule has 1 N–H and O–H groups in total. The summed E-state index contributed by atoms with van der Waals surface area (Å²) in [5, 5.41) is 8.51. The van der Waals surface area contributed by atoms with E-state index in [0.29, 0.717) is 0 Å². The van der Waals surface area contributed by atoms with Crippen molar-refractivity contribution in [2.75, 3.05) is 0 Å². The molecule has 0 atom stereocenters. The number of rotatable bonds is 2. The van der Waals surface area contributed by atoms with Gasteiger partial charge < -0.3 is 9.55 Å². The highest BCUT2D eigenvalue weighted by atomic mass is 19.4. The molecular formula is C12H8F3N3O2. The van der Waals surface area contributed by atoms with Crippen LogP contribution < -0.4 is 11.1 Å². The average molecular weight is 283 g/mol. The SMILES string of the molecule is N#CCCn1c(=O)c(=O)[nH]c2cc(C(F)(F)F)ccc21. The second kappa shape index (κ2) is 4.85. The quantitative estimate of drug-likeness (QED) is 0.851. The lowest BCUT2D eigenvalue weighted by Crippen LogP contribution is -2.36. The molecule has 20 heavy (non-hydrogen) atoms. The van der Waals surface area contributed by atoms with Gasteiger partial charge in [0.1, 0.15) is 0 Å². The van der Waals surface area contributed by atoms with Crippen LogP contribution in [0.15, 0.2) is 27.8 Å². The Morgan fingerprint density at radius 2 is 2.00 bits per heavy atom. The number of nitrogens with zero attached hydrogens (tertiary/aromatic N) is 2. The lowest BCUT2D eigenvalue weighted by atomic mass is 10.2. The summed E-state index contributed by atoms with van der Waals surface area (Å²) in [6, 6.07) is 4.50. The molecule has 0 bridgehead atoms. The van der Waals surface area contributed by atoms with Gasteiger partial charge in [-0.25, -0.2) is 0 Å². The first-order valence-corrected chi connectivity index (χ1v) is 5.55. The summed E-state index contributed by atoms with van der Waals surface area (Å²) in [5.41, 5.74) is -2.78. The molecule has 2 aromatic rings. The molecule has 1 heterocycles. The number of aromatic nitrogens is 2. The number of hydrogen-bond acceptors (Lipinski definition) is 3. The van der Waals surface area contributed by atoms with Crippen molar-refractivity contribution < 1.29 is 13.2 Å². The molecule has 1 aromatic carbocycles. The van der Waals surface area contributed by atoms with Crippen molar-refractivity contribution in [1.29, 1.82) is 5.26 Å². The fourth-order valence-electron chi connectivity index (χ4n) is 1.84. The molecule has 104 valence electrons. The maximum Gasteiger partial charge on any atom is 0.416 e. The summed E-state index contributed by atoms with van der Waals surface area (Å²) in [4.78, 5) is 25.2. The van der Waals surface area contributed by atoms with E-state index in [1.54, 1.807) is 0 Å². The molecule has 8 heteroatoms. The Labute approximate surface area is 109 Å². The molecular weight excluding hydrogens is 275 g/mol. The number of aromatic amines is 1. The van der Waals surface area contributed by atoms with Crippen LogP contribution in [0.25, 0.3) is 11.0 Å². The van der Waals surface area contributed by atoms with Gasteiger partial charge in [0.25, 0.3) is 0 Å². The summed E-state index contributed by atoms with van der Waals surface area (Å²) in [5.74, 6) is 0. The van der Waals surface area contributed by atoms with Crippen LogP contribution in [0.3, 0.4) is 0 Å². The number of nitriles is 1. The molecule has 0 spiro atoms. The van der Waals surface area contributed by atoms with E-state index in [-0.39, 0.29) is 24.0 Å². The first-order chi connectivity index (χ1) is 9.34. The number of alkyl halides is 3. The zero-order valence-electron chi connectivity index (χ0n) is 9.99. The fraction of sp³-hybridized carbons (Fsp3) is 0.250. The lowest BCUT2D eigenvalue weighted by Gasteiger charge is -2.11. The van der Waals surface area contributed by atoms with Gasteiger partial charge in [0.15, 0.2) is 0 Å². The van der Waals surface area contributed by atoms with Crippen molar-refractivity contribution in [3.05, 3.63) is 44.5 Å². The number of H-pyrrole nitrogens is 1. The van der Waals surface area contributed by atoms with Gasteiger partial charge in [0, 0.05) is 6.54 Å². The third-order valence-electron chi connectivity index (χ3n) is 2.75. The van der Waals surface area contributed by atoms with Crippen molar-refractivity contribution in [1.82, 2.24) is 9.55 Å². The van der Waals surface area contributed by atoms with Crippen LogP contribution in [-0.2, 0) is 12.7 Å². The fourth-order valence-corrected chi connectivity index (χ4v) is 1.84. The zero-order chi connectivity index (χ0) is 14.9. The highest BCUT2D eigenvalue weighted by Gasteiger charge is 2.30. The topological polar surface area (TPSA) is 78.7 Å². The molecule has 0 amide bonds. The van der Waals surface area contributed by atoms with Crippen LogP contribution in [0.4, 0.5) is 13.2 Å². The Hall–Kier alpha value is -2.56. The van der Waals surface area contributed by atoms with Crippen molar-refractivity contribution in [3.63, 3.8) is 0 Å². The van der Waals surface area contributed by atoms with Crippen LogP contribution in [0.2, 0.25) is 0 Å². The first kappa shape index (κ1) is 13.9. The minimum atomic E-state index is -4.54. The molecule has 0 unspecified atom stereocenters. The van der Waals surface area contributed by atoms with Crippen LogP contribution in [0.5, 0.6) is 0 Å². The maximum absolute atomic E-state index is 12.6. The third kappa shape index (κ3) is 2.42. The standard InChI is InChI=1S/C12H8F3N3O2/c13-12(14,15)7-2-3-9-8(6-7)17-10(19)11(20)18(9)5-1-4-16/h2-3,6H,1,5H2,(H,17,19). The van der Waals surface area contributed by atoms with Crippen LogP contribution in [0.1, 0.15) is 12.0 Å². The maximum atomic E-state index is 12.6. The Morgan fingerprint density at radius 3 is 2.60 bits per heavy atom. The Morgan fingerprint density at radius 1 is 1.30 bits per heavy atom. The molecule has 5 nitrogen and oxygen atoms in total. The Kier molecular flexibility index (Phi) is 3.36. The van der Waals surface area contributed by atoms with Gasteiger partial charge in [0.05, 0.1) is 29.1 Å². The third-order valence-corrected chi connectivity index (χ3v) is 2.75. The largest absolute Gasteiger partial charge is 0.416 e. The number of nitrogens with one attached hydrogen (secondary N) is 1. The normalized spacial score (nSPS) is 11.5. The molecule has 1 aromatic heterocycles.